The van der Waals surface area contributed by atoms with Crippen LogP contribution in [0.15, 0.2) is 91.0 Å². The maximum atomic E-state index is 11.3. The van der Waals surface area contributed by atoms with Crippen molar-refractivity contribution < 1.29 is 9.90 Å². The van der Waals surface area contributed by atoms with E-state index in [0.717, 1.165) is 16.7 Å². The Labute approximate surface area is 176 Å². The fourth-order valence-electron chi connectivity index (χ4n) is 3.05. The number of thioether (sulfide) groups is 1. The standard InChI is InChI=1S/C22H21NO2S.Li.H/c23-20(21(24)25)16-26-22(17-10-4-1-5-11-17,18-12-6-2-7-13-18)19-14-8-3-9-15-19;;/h1-15,20H,16,23H2,(H,24,25);;. The number of nitrogens with two attached hydrogens (primary N) is 1. The van der Waals surface area contributed by atoms with Crippen LogP contribution in [0.25, 0.3) is 0 Å². The molecule has 3 nitrogen and oxygen atoms in total. The van der Waals surface area contributed by atoms with Crippen LogP contribution in [0.2, 0.25) is 0 Å². The third-order valence-corrected chi connectivity index (χ3v) is 6.00. The van der Waals surface area contributed by atoms with E-state index in [9.17, 15) is 9.90 Å². The van der Waals surface area contributed by atoms with Gasteiger partial charge in [-0.2, -0.15) is 0 Å². The molecule has 0 heterocycles. The first-order valence-electron chi connectivity index (χ1n) is 8.43. The van der Waals surface area contributed by atoms with Gasteiger partial charge in [-0.3, -0.25) is 4.79 Å². The zero-order valence-electron chi connectivity index (χ0n) is 14.3. The maximum absolute atomic E-state index is 11.3. The molecule has 0 radical (unpaired) electrons. The number of carboxylic acid groups (broad SMARTS) is 1. The van der Waals surface area contributed by atoms with E-state index in [2.05, 4.69) is 36.4 Å². The van der Waals surface area contributed by atoms with E-state index in [1.165, 1.54) is 0 Å². The fraction of sp³-hybridized carbons (Fsp3) is 0.136. The molecule has 0 fully saturated rings. The van der Waals surface area contributed by atoms with E-state index in [1.807, 2.05) is 54.6 Å². The number of carboxylic acids is 1. The van der Waals surface area contributed by atoms with Crippen LogP contribution in [0, 0.1) is 0 Å². The zero-order valence-corrected chi connectivity index (χ0v) is 15.1. The molecular formula is C22H22LiNO2S. The number of benzene rings is 3. The van der Waals surface area contributed by atoms with E-state index in [1.54, 1.807) is 11.8 Å². The van der Waals surface area contributed by atoms with Crippen molar-refractivity contribution in [3.05, 3.63) is 108 Å². The van der Waals surface area contributed by atoms with E-state index in [-0.39, 0.29) is 18.9 Å². The summed E-state index contributed by atoms with van der Waals surface area (Å²) in [5, 5.41) is 9.25. The summed E-state index contributed by atoms with van der Waals surface area (Å²) in [4.78, 5) is 11.3. The third kappa shape index (κ3) is 4.66. The van der Waals surface area contributed by atoms with Crippen molar-refractivity contribution in [1.29, 1.82) is 0 Å². The SMILES string of the molecule is NC(CSC(c1ccccc1)(c1ccccc1)c1ccccc1)C(=O)O.[LiH]. The first-order chi connectivity index (χ1) is 12.6. The summed E-state index contributed by atoms with van der Waals surface area (Å²) >= 11 is 1.56. The summed E-state index contributed by atoms with van der Waals surface area (Å²) in [7, 11) is 0. The van der Waals surface area contributed by atoms with Crippen molar-refractivity contribution >= 4 is 36.6 Å². The molecular weight excluding hydrogens is 349 g/mol. The van der Waals surface area contributed by atoms with Gasteiger partial charge in [0.2, 0.25) is 0 Å². The second-order valence-corrected chi connectivity index (χ2v) is 7.27. The van der Waals surface area contributed by atoms with Crippen molar-refractivity contribution in [2.24, 2.45) is 5.73 Å². The van der Waals surface area contributed by atoms with Crippen LogP contribution in [0.4, 0.5) is 0 Å². The molecule has 0 spiro atoms. The number of rotatable bonds is 7. The van der Waals surface area contributed by atoms with Crippen LogP contribution < -0.4 is 5.73 Å². The summed E-state index contributed by atoms with van der Waals surface area (Å²) in [6.07, 6.45) is 0. The minimum atomic E-state index is -0.986. The summed E-state index contributed by atoms with van der Waals surface area (Å²) in [6.45, 7) is 0. The number of aliphatic carboxylic acids is 1. The average Bonchev–Trinajstić information content (AvgIpc) is 2.70. The van der Waals surface area contributed by atoms with Gasteiger partial charge in [-0.15, -0.1) is 11.8 Å². The van der Waals surface area contributed by atoms with Gasteiger partial charge in [0, 0.05) is 5.75 Å². The first kappa shape index (κ1) is 21.3. The average molecular weight is 371 g/mol. The molecule has 0 aliphatic carbocycles. The molecule has 0 saturated carbocycles. The Hall–Kier alpha value is -1.96. The molecule has 0 bridgehead atoms. The normalized spacial score (nSPS) is 12.0. The van der Waals surface area contributed by atoms with Gasteiger partial charge < -0.3 is 10.8 Å². The molecule has 27 heavy (non-hydrogen) atoms. The molecule has 3 aromatic carbocycles. The Bertz CT molecular complexity index is 747. The predicted octanol–water partition coefficient (Wildman–Crippen LogP) is 3.48. The van der Waals surface area contributed by atoms with Crippen molar-refractivity contribution in [3.63, 3.8) is 0 Å². The van der Waals surface area contributed by atoms with E-state index in [0.29, 0.717) is 5.75 Å². The van der Waals surface area contributed by atoms with Gasteiger partial charge in [0.05, 0.1) is 4.75 Å². The molecule has 0 aromatic heterocycles. The summed E-state index contributed by atoms with van der Waals surface area (Å²) in [5.74, 6) is -0.686. The van der Waals surface area contributed by atoms with Gasteiger partial charge >= 0.3 is 24.8 Å². The Morgan fingerprint density at radius 2 is 1.15 bits per heavy atom. The molecule has 1 atom stereocenters. The van der Waals surface area contributed by atoms with Gasteiger partial charge in [-0.1, -0.05) is 91.0 Å². The third-order valence-electron chi connectivity index (χ3n) is 4.34. The van der Waals surface area contributed by atoms with Crippen molar-refractivity contribution in [1.82, 2.24) is 0 Å². The van der Waals surface area contributed by atoms with Crippen LogP contribution in [0.5, 0.6) is 0 Å². The second kappa shape index (κ2) is 9.82. The van der Waals surface area contributed by atoms with Gasteiger partial charge in [-0.25, -0.2) is 0 Å². The van der Waals surface area contributed by atoms with Crippen molar-refractivity contribution in [2.45, 2.75) is 10.8 Å². The molecule has 0 saturated heterocycles. The zero-order chi connectivity index (χ0) is 18.4. The van der Waals surface area contributed by atoms with Gasteiger partial charge in [0.1, 0.15) is 6.04 Å². The number of carbonyl (C=O) groups is 1. The Balaban J connectivity index is 0.00000261. The fourth-order valence-corrected chi connectivity index (χ4v) is 4.54. The van der Waals surface area contributed by atoms with Gasteiger partial charge in [0.15, 0.2) is 0 Å². The molecule has 0 amide bonds. The molecule has 3 rings (SSSR count). The van der Waals surface area contributed by atoms with Gasteiger partial charge in [-0.05, 0) is 16.7 Å². The van der Waals surface area contributed by atoms with Crippen LogP contribution in [0.1, 0.15) is 16.7 Å². The first-order valence-corrected chi connectivity index (χ1v) is 9.42. The van der Waals surface area contributed by atoms with E-state index in [4.69, 9.17) is 5.73 Å². The second-order valence-electron chi connectivity index (χ2n) is 6.03. The van der Waals surface area contributed by atoms with E-state index >= 15 is 0 Å². The molecule has 3 N–H and O–H groups in total. The Morgan fingerprint density at radius 1 is 0.815 bits per heavy atom. The predicted molar refractivity (Wildman–Crippen MR) is 114 cm³/mol. The molecule has 3 aromatic rings. The Morgan fingerprint density at radius 3 is 1.44 bits per heavy atom. The topological polar surface area (TPSA) is 63.3 Å². The van der Waals surface area contributed by atoms with Gasteiger partial charge in [0.25, 0.3) is 0 Å². The van der Waals surface area contributed by atoms with Crippen LogP contribution in [-0.4, -0.2) is 41.7 Å². The number of hydrogen-bond acceptors (Lipinski definition) is 3. The van der Waals surface area contributed by atoms with Crippen molar-refractivity contribution in [3.8, 4) is 0 Å². The molecule has 1 unspecified atom stereocenters. The summed E-state index contributed by atoms with van der Waals surface area (Å²) in [6, 6.07) is 29.6. The van der Waals surface area contributed by atoms with E-state index < -0.39 is 16.8 Å². The quantitative estimate of drug-likeness (QED) is 0.493. The molecule has 134 valence electrons. The summed E-state index contributed by atoms with van der Waals surface area (Å²) in [5.41, 5.74) is 9.13. The molecule has 0 aliphatic rings. The van der Waals surface area contributed by atoms with Crippen LogP contribution in [0.3, 0.4) is 0 Å². The molecule has 0 aliphatic heterocycles. The molecule has 5 heteroatoms. The number of hydrogen-bond donors (Lipinski definition) is 2. The summed E-state index contributed by atoms with van der Waals surface area (Å²) < 4.78 is -0.531. The van der Waals surface area contributed by atoms with Crippen LogP contribution >= 0.6 is 11.8 Å². The Kier molecular flexibility index (Phi) is 7.76. The van der Waals surface area contributed by atoms with Crippen molar-refractivity contribution in [2.75, 3.05) is 5.75 Å². The monoisotopic (exact) mass is 371 g/mol. The minimum absolute atomic E-state index is 0. The van der Waals surface area contributed by atoms with Crippen LogP contribution in [-0.2, 0) is 9.54 Å².